The van der Waals surface area contributed by atoms with Crippen LogP contribution in [0.5, 0.6) is 0 Å². The highest BCUT2D eigenvalue weighted by molar-refractivity contribution is 7.91. The minimum Gasteiger partial charge on any atom is -0.373 e. The van der Waals surface area contributed by atoms with E-state index in [0.717, 1.165) is 22.5 Å². The maximum Gasteiger partial charge on any atom is 0.249 e. The van der Waals surface area contributed by atoms with E-state index in [0.29, 0.717) is 34.9 Å². The zero-order valence-corrected chi connectivity index (χ0v) is 18.0. The Balaban J connectivity index is 1.57. The molecule has 0 saturated heterocycles. The molecule has 1 aromatic carbocycles. The SMILES string of the molecule is Cc1nc(N(C)C(O)C2Cc3cc(F)c(-c4ccccn4)cc3C2)sc1S(N)(=O)=O. The highest BCUT2D eigenvalue weighted by atomic mass is 32.2. The van der Waals surface area contributed by atoms with Gasteiger partial charge >= 0.3 is 0 Å². The van der Waals surface area contributed by atoms with E-state index < -0.39 is 16.3 Å². The van der Waals surface area contributed by atoms with Gasteiger partial charge in [-0.3, -0.25) is 4.98 Å². The molecule has 1 aliphatic rings. The first-order chi connectivity index (χ1) is 14.1. The van der Waals surface area contributed by atoms with E-state index in [-0.39, 0.29) is 15.9 Å². The Morgan fingerprint density at radius 3 is 2.60 bits per heavy atom. The number of aromatic nitrogens is 2. The van der Waals surface area contributed by atoms with Crippen molar-refractivity contribution in [2.75, 3.05) is 11.9 Å². The third-order valence-electron chi connectivity index (χ3n) is 5.32. The van der Waals surface area contributed by atoms with Crippen LogP contribution in [0.4, 0.5) is 9.52 Å². The lowest BCUT2D eigenvalue weighted by molar-refractivity contribution is 0.113. The summed E-state index contributed by atoms with van der Waals surface area (Å²) in [5.41, 5.74) is 3.12. The van der Waals surface area contributed by atoms with Crippen molar-refractivity contribution in [1.82, 2.24) is 9.97 Å². The number of rotatable bonds is 5. The lowest BCUT2D eigenvalue weighted by Crippen LogP contribution is -2.38. The molecule has 0 spiro atoms. The van der Waals surface area contributed by atoms with Crippen molar-refractivity contribution >= 4 is 26.5 Å². The molecule has 0 bridgehead atoms. The molecular formula is C20H21FN4O3S2. The number of thiazole rings is 1. The molecule has 2 unspecified atom stereocenters. The predicted octanol–water partition coefficient (Wildman–Crippen LogP) is 2.47. The number of aryl methyl sites for hydroxylation is 1. The smallest absolute Gasteiger partial charge is 0.249 e. The molecule has 4 rings (SSSR count). The number of aliphatic hydroxyl groups is 1. The van der Waals surface area contributed by atoms with Crippen molar-refractivity contribution in [2.45, 2.75) is 30.2 Å². The van der Waals surface area contributed by atoms with Crippen molar-refractivity contribution < 1.29 is 17.9 Å². The van der Waals surface area contributed by atoms with Crippen LogP contribution in [0.15, 0.2) is 40.7 Å². The summed E-state index contributed by atoms with van der Waals surface area (Å²) in [6.07, 6.45) is 1.77. The molecule has 0 radical (unpaired) electrons. The van der Waals surface area contributed by atoms with E-state index in [1.54, 1.807) is 43.3 Å². The van der Waals surface area contributed by atoms with Gasteiger partial charge in [-0.1, -0.05) is 17.4 Å². The van der Waals surface area contributed by atoms with Crippen LogP contribution in [0.1, 0.15) is 16.8 Å². The van der Waals surface area contributed by atoms with E-state index >= 15 is 0 Å². The second-order valence-corrected chi connectivity index (χ2v) is 10.2. The average molecular weight is 449 g/mol. The second-order valence-electron chi connectivity index (χ2n) is 7.42. The third kappa shape index (κ3) is 3.83. The fraction of sp³-hybridized carbons (Fsp3) is 0.300. The number of hydrogen-bond donors (Lipinski definition) is 2. The molecule has 0 aliphatic heterocycles. The van der Waals surface area contributed by atoms with Crippen LogP contribution >= 0.6 is 11.3 Å². The molecular weight excluding hydrogens is 427 g/mol. The van der Waals surface area contributed by atoms with E-state index in [2.05, 4.69) is 9.97 Å². The zero-order valence-electron chi connectivity index (χ0n) is 16.4. The first-order valence-corrected chi connectivity index (χ1v) is 11.6. The molecule has 3 N–H and O–H groups in total. The Labute approximate surface area is 178 Å². The van der Waals surface area contributed by atoms with Gasteiger partial charge in [-0.05, 0) is 55.2 Å². The quantitative estimate of drug-likeness (QED) is 0.581. The normalized spacial score (nSPS) is 17.0. The monoisotopic (exact) mass is 448 g/mol. The van der Waals surface area contributed by atoms with Gasteiger partial charge in [0.1, 0.15) is 12.0 Å². The van der Waals surface area contributed by atoms with E-state index in [9.17, 15) is 17.9 Å². The molecule has 0 amide bonds. The molecule has 2 heterocycles. The van der Waals surface area contributed by atoms with Gasteiger partial charge in [0.2, 0.25) is 10.0 Å². The Morgan fingerprint density at radius 2 is 2.00 bits per heavy atom. The summed E-state index contributed by atoms with van der Waals surface area (Å²) < 4.78 is 38.0. The van der Waals surface area contributed by atoms with Crippen molar-refractivity contribution in [1.29, 1.82) is 0 Å². The molecule has 7 nitrogen and oxygen atoms in total. The average Bonchev–Trinajstić information content (AvgIpc) is 3.29. The lowest BCUT2D eigenvalue weighted by Gasteiger charge is -2.27. The topological polar surface area (TPSA) is 109 Å². The second kappa shape index (κ2) is 7.69. The van der Waals surface area contributed by atoms with E-state index in [1.807, 2.05) is 6.07 Å². The minimum absolute atomic E-state index is 0.0201. The zero-order chi connectivity index (χ0) is 21.6. The number of sulfonamides is 1. The Bertz CT molecular complexity index is 1200. The molecule has 0 fully saturated rings. The molecule has 2 atom stereocenters. The summed E-state index contributed by atoms with van der Waals surface area (Å²) in [5, 5.41) is 16.5. The predicted molar refractivity (Wildman–Crippen MR) is 113 cm³/mol. The van der Waals surface area contributed by atoms with Gasteiger partial charge in [0.05, 0.1) is 11.4 Å². The number of anilines is 1. The number of hydrogen-bond acceptors (Lipinski definition) is 7. The van der Waals surface area contributed by atoms with Crippen molar-refractivity contribution in [2.24, 2.45) is 11.1 Å². The Hall–Kier alpha value is -2.40. The number of nitrogens with two attached hydrogens (primary N) is 1. The highest BCUT2D eigenvalue weighted by Crippen LogP contribution is 2.36. The van der Waals surface area contributed by atoms with Crippen LogP contribution in [0.25, 0.3) is 11.3 Å². The van der Waals surface area contributed by atoms with Crippen LogP contribution in [0.3, 0.4) is 0 Å². The van der Waals surface area contributed by atoms with Crippen molar-refractivity contribution in [3.8, 4) is 11.3 Å². The van der Waals surface area contributed by atoms with Gasteiger partial charge in [-0.15, -0.1) is 0 Å². The van der Waals surface area contributed by atoms with Crippen molar-refractivity contribution in [3.05, 3.63) is 59.2 Å². The maximum atomic E-state index is 14.7. The standard InChI is InChI=1S/C20H21FN4O3S2/c1-11-19(30(22,27)28)29-20(24-11)25(2)18(26)14-7-12-9-15(16(21)10-13(12)8-14)17-5-3-4-6-23-17/h3-6,9-10,14,18,26H,7-8H2,1-2H3,(H2,22,27,28). The van der Waals surface area contributed by atoms with Gasteiger partial charge < -0.3 is 10.0 Å². The summed E-state index contributed by atoms with van der Waals surface area (Å²) >= 11 is 0.921. The molecule has 3 aromatic rings. The maximum absolute atomic E-state index is 14.7. The number of aliphatic hydroxyl groups excluding tert-OH is 1. The molecule has 158 valence electrons. The number of pyridine rings is 1. The minimum atomic E-state index is -3.87. The summed E-state index contributed by atoms with van der Waals surface area (Å²) in [7, 11) is -2.22. The summed E-state index contributed by atoms with van der Waals surface area (Å²) in [4.78, 5) is 10.0. The Morgan fingerprint density at radius 1 is 1.30 bits per heavy atom. The number of halogens is 1. The number of nitrogens with zero attached hydrogens (tertiary/aromatic N) is 3. The van der Waals surface area contributed by atoms with Crippen LogP contribution in [0.2, 0.25) is 0 Å². The Kier molecular flexibility index (Phi) is 5.35. The summed E-state index contributed by atoms with van der Waals surface area (Å²) in [6, 6.07) is 8.65. The molecule has 0 saturated carbocycles. The first kappa shape index (κ1) is 20.9. The molecule has 10 heteroatoms. The lowest BCUT2D eigenvalue weighted by atomic mass is 10.0. The highest BCUT2D eigenvalue weighted by Gasteiger charge is 2.33. The molecule has 30 heavy (non-hydrogen) atoms. The number of benzene rings is 1. The molecule has 2 aromatic heterocycles. The molecule has 1 aliphatic carbocycles. The largest absolute Gasteiger partial charge is 0.373 e. The van der Waals surface area contributed by atoms with Crippen LogP contribution in [-0.2, 0) is 22.9 Å². The van der Waals surface area contributed by atoms with Gasteiger partial charge in [0.25, 0.3) is 0 Å². The summed E-state index contributed by atoms with van der Waals surface area (Å²) in [5.74, 6) is -0.533. The van der Waals surface area contributed by atoms with E-state index in [4.69, 9.17) is 5.14 Å². The number of primary sulfonamides is 1. The third-order valence-corrected chi connectivity index (χ3v) is 8.12. The van der Waals surface area contributed by atoms with Crippen LogP contribution in [0, 0.1) is 18.7 Å². The van der Waals surface area contributed by atoms with Gasteiger partial charge in [-0.25, -0.2) is 22.9 Å². The van der Waals surface area contributed by atoms with Crippen LogP contribution in [-0.4, -0.2) is 36.8 Å². The first-order valence-electron chi connectivity index (χ1n) is 9.29. The fourth-order valence-electron chi connectivity index (χ4n) is 3.82. The number of fused-ring (bicyclic) bond motifs is 1. The summed E-state index contributed by atoms with van der Waals surface area (Å²) in [6.45, 7) is 1.56. The van der Waals surface area contributed by atoms with Gasteiger partial charge in [0.15, 0.2) is 9.34 Å². The van der Waals surface area contributed by atoms with Crippen molar-refractivity contribution in [3.63, 3.8) is 0 Å². The van der Waals surface area contributed by atoms with Crippen LogP contribution < -0.4 is 10.0 Å². The van der Waals surface area contributed by atoms with Gasteiger partial charge in [0, 0.05) is 24.7 Å². The fourth-order valence-corrected chi connectivity index (χ4v) is 5.76. The van der Waals surface area contributed by atoms with Gasteiger partial charge in [-0.2, -0.15) is 0 Å². The van der Waals surface area contributed by atoms with E-state index in [1.165, 1.54) is 6.07 Å².